The molecule has 3 N–H and O–H groups in total. The average molecular weight is 368 g/mol. The maximum Gasteiger partial charge on any atom is 0.191 e. The third-order valence-corrected chi connectivity index (χ3v) is 4.83. The van der Waals surface area contributed by atoms with Crippen LogP contribution in [0.15, 0.2) is 44.6 Å². The molecule has 2 aromatic rings. The standard InChI is InChI=1S/C17H25N3O2S2/c1-17(21,14-6-10-24-12-14)13-20-16(19-8-11-23-2)18-7-5-15-4-3-9-22-15/h3-4,6,9-10,12,21H,5,7-8,11,13H2,1-2H3,(H2,18,19,20). The van der Waals surface area contributed by atoms with Gasteiger partial charge in [0.15, 0.2) is 5.96 Å². The Kier molecular flexibility index (Phi) is 7.68. The Morgan fingerprint density at radius 3 is 2.88 bits per heavy atom. The van der Waals surface area contributed by atoms with Gasteiger partial charge < -0.3 is 20.2 Å². The number of rotatable bonds is 9. The highest BCUT2D eigenvalue weighted by Gasteiger charge is 2.23. The van der Waals surface area contributed by atoms with Crippen molar-refractivity contribution in [1.29, 1.82) is 0 Å². The van der Waals surface area contributed by atoms with Crippen LogP contribution in [0.4, 0.5) is 0 Å². The van der Waals surface area contributed by atoms with Gasteiger partial charge in [-0.15, -0.1) is 0 Å². The van der Waals surface area contributed by atoms with Gasteiger partial charge in [0, 0.05) is 25.3 Å². The molecule has 24 heavy (non-hydrogen) atoms. The van der Waals surface area contributed by atoms with Crippen LogP contribution in [0.1, 0.15) is 18.2 Å². The van der Waals surface area contributed by atoms with Crippen molar-refractivity contribution in [2.24, 2.45) is 4.99 Å². The molecule has 0 saturated heterocycles. The monoisotopic (exact) mass is 367 g/mol. The summed E-state index contributed by atoms with van der Waals surface area (Å²) in [5.41, 5.74) is -0.0647. The number of hydrogen-bond acceptors (Lipinski definition) is 5. The minimum atomic E-state index is -0.963. The molecule has 0 aliphatic rings. The summed E-state index contributed by atoms with van der Waals surface area (Å²) in [4.78, 5) is 4.55. The van der Waals surface area contributed by atoms with Gasteiger partial charge in [-0.1, -0.05) is 0 Å². The van der Waals surface area contributed by atoms with E-state index >= 15 is 0 Å². The van der Waals surface area contributed by atoms with E-state index in [1.807, 2.05) is 29.0 Å². The van der Waals surface area contributed by atoms with Gasteiger partial charge in [-0.3, -0.25) is 0 Å². The molecule has 0 aliphatic heterocycles. The van der Waals surface area contributed by atoms with Crippen LogP contribution in [0, 0.1) is 0 Å². The molecule has 2 aromatic heterocycles. The van der Waals surface area contributed by atoms with Crippen molar-refractivity contribution in [3.63, 3.8) is 0 Å². The predicted octanol–water partition coefficient (Wildman–Crippen LogP) is 2.69. The maximum absolute atomic E-state index is 10.6. The molecule has 1 unspecified atom stereocenters. The zero-order valence-electron chi connectivity index (χ0n) is 14.1. The van der Waals surface area contributed by atoms with Crippen molar-refractivity contribution in [2.45, 2.75) is 18.9 Å². The quantitative estimate of drug-likeness (QED) is 0.361. The van der Waals surface area contributed by atoms with Crippen molar-refractivity contribution in [2.75, 3.05) is 31.6 Å². The fourth-order valence-electron chi connectivity index (χ4n) is 2.10. The fraction of sp³-hybridized carbons (Fsp3) is 0.471. The van der Waals surface area contributed by atoms with E-state index in [0.717, 1.165) is 36.6 Å². The summed E-state index contributed by atoms with van der Waals surface area (Å²) in [6.07, 6.45) is 4.54. The number of nitrogens with one attached hydrogen (secondary N) is 2. The van der Waals surface area contributed by atoms with Gasteiger partial charge in [0.1, 0.15) is 11.4 Å². The van der Waals surface area contributed by atoms with E-state index in [9.17, 15) is 5.11 Å². The van der Waals surface area contributed by atoms with Crippen molar-refractivity contribution in [3.05, 3.63) is 46.5 Å². The van der Waals surface area contributed by atoms with Gasteiger partial charge in [0.05, 0.1) is 12.8 Å². The molecule has 0 fully saturated rings. The summed E-state index contributed by atoms with van der Waals surface area (Å²) in [5, 5.41) is 21.1. The van der Waals surface area contributed by atoms with Crippen LogP contribution in [-0.4, -0.2) is 42.7 Å². The van der Waals surface area contributed by atoms with E-state index in [1.165, 1.54) is 0 Å². The lowest BCUT2D eigenvalue weighted by Crippen LogP contribution is -2.40. The topological polar surface area (TPSA) is 69.8 Å². The second kappa shape index (κ2) is 9.76. The van der Waals surface area contributed by atoms with Gasteiger partial charge >= 0.3 is 0 Å². The lowest BCUT2D eigenvalue weighted by Gasteiger charge is -2.21. The summed E-state index contributed by atoms with van der Waals surface area (Å²) in [6, 6.07) is 5.78. The molecular weight excluding hydrogens is 342 g/mol. The Hall–Kier alpha value is -1.44. The molecule has 0 radical (unpaired) electrons. The minimum absolute atomic E-state index is 0.305. The van der Waals surface area contributed by atoms with E-state index in [0.29, 0.717) is 12.5 Å². The number of aliphatic hydroxyl groups is 1. The summed E-state index contributed by atoms with van der Waals surface area (Å²) in [5.74, 6) is 2.65. The number of aliphatic imine (C=N–C) groups is 1. The molecule has 5 nitrogen and oxygen atoms in total. The first-order valence-corrected chi connectivity index (χ1v) is 10.2. The van der Waals surface area contributed by atoms with Crippen LogP contribution in [0.25, 0.3) is 0 Å². The summed E-state index contributed by atoms with van der Waals surface area (Å²) in [7, 11) is 0. The van der Waals surface area contributed by atoms with E-state index in [-0.39, 0.29) is 0 Å². The molecule has 7 heteroatoms. The number of guanidine groups is 1. The molecule has 132 valence electrons. The lowest BCUT2D eigenvalue weighted by molar-refractivity contribution is 0.0677. The van der Waals surface area contributed by atoms with Crippen molar-refractivity contribution in [1.82, 2.24) is 10.6 Å². The molecule has 2 rings (SSSR count). The first-order valence-electron chi connectivity index (χ1n) is 7.90. The van der Waals surface area contributed by atoms with Gasteiger partial charge in [0.25, 0.3) is 0 Å². The van der Waals surface area contributed by atoms with Gasteiger partial charge in [0.2, 0.25) is 0 Å². The first kappa shape index (κ1) is 18.9. The van der Waals surface area contributed by atoms with Crippen LogP contribution in [0.3, 0.4) is 0 Å². The highest BCUT2D eigenvalue weighted by atomic mass is 32.2. The summed E-state index contributed by atoms with van der Waals surface area (Å²) < 4.78 is 5.33. The predicted molar refractivity (Wildman–Crippen MR) is 103 cm³/mol. The van der Waals surface area contributed by atoms with E-state index in [1.54, 1.807) is 36.3 Å². The summed E-state index contributed by atoms with van der Waals surface area (Å²) in [6.45, 7) is 3.65. The molecular formula is C17H25N3O2S2. The number of hydrogen-bond donors (Lipinski definition) is 3. The van der Waals surface area contributed by atoms with Crippen LogP contribution >= 0.6 is 23.1 Å². The Bertz CT molecular complexity index is 595. The number of furan rings is 1. The Morgan fingerprint density at radius 1 is 1.38 bits per heavy atom. The van der Waals surface area contributed by atoms with Crippen LogP contribution in [0.2, 0.25) is 0 Å². The minimum Gasteiger partial charge on any atom is -0.469 e. The van der Waals surface area contributed by atoms with E-state index < -0.39 is 5.60 Å². The van der Waals surface area contributed by atoms with Crippen molar-refractivity contribution in [3.8, 4) is 0 Å². The third kappa shape index (κ3) is 6.22. The zero-order chi connectivity index (χ0) is 17.3. The Morgan fingerprint density at radius 2 is 2.21 bits per heavy atom. The number of thioether (sulfide) groups is 1. The molecule has 0 aromatic carbocycles. The smallest absolute Gasteiger partial charge is 0.191 e. The van der Waals surface area contributed by atoms with Gasteiger partial charge in [-0.05, 0) is 47.7 Å². The second-order valence-corrected chi connectivity index (χ2v) is 7.39. The molecule has 1 atom stereocenters. The first-order chi connectivity index (χ1) is 11.6. The molecule has 0 bridgehead atoms. The fourth-order valence-corrected chi connectivity index (χ4v) is 3.19. The molecule has 0 saturated carbocycles. The SMILES string of the molecule is CSCCNC(=NCC(C)(O)c1ccsc1)NCCc1ccco1. The summed E-state index contributed by atoms with van der Waals surface area (Å²) >= 11 is 3.36. The van der Waals surface area contributed by atoms with E-state index in [4.69, 9.17) is 4.42 Å². The second-order valence-electron chi connectivity index (χ2n) is 5.63. The van der Waals surface area contributed by atoms with Crippen molar-refractivity contribution >= 4 is 29.1 Å². The van der Waals surface area contributed by atoms with Crippen molar-refractivity contribution < 1.29 is 9.52 Å². The molecule has 0 spiro atoms. The highest BCUT2D eigenvalue weighted by molar-refractivity contribution is 7.98. The van der Waals surface area contributed by atoms with E-state index in [2.05, 4.69) is 21.9 Å². The van der Waals surface area contributed by atoms with Crippen LogP contribution in [0.5, 0.6) is 0 Å². The largest absolute Gasteiger partial charge is 0.469 e. The van der Waals surface area contributed by atoms with Crippen LogP contribution < -0.4 is 10.6 Å². The van der Waals surface area contributed by atoms with Gasteiger partial charge in [-0.2, -0.15) is 23.1 Å². The average Bonchev–Trinajstić information content (AvgIpc) is 3.26. The lowest BCUT2D eigenvalue weighted by atomic mass is 10.00. The number of nitrogens with zero attached hydrogens (tertiary/aromatic N) is 1. The molecule has 0 aliphatic carbocycles. The van der Waals surface area contributed by atoms with Gasteiger partial charge in [-0.25, -0.2) is 4.99 Å². The zero-order valence-corrected chi connectivity index (χ0v) is 15.8. The van der Waals surface area contributed by atoms with Crippen LogP contribution in [-0.2, 0) is 12.0 Å². The molecule has 0 amide bonds. The third-order valence-electron chi connectivity index (χ3n) is 3.53. The Balaban J connectivity index is 1.90. The number of thiophene rings is 1. The normalized spacial score (nSPS) is 14.4. The highest BCUT2D eigenvalue weighted by Crippen LogP contribution is 2.23. The maximum atomic E-state index is 10.6. The molecule has 2 heterocycles. The Labute approximate surface area is 151 Å².